The van der Waals surface area contributed by atoms with Crippen LogP contribution < -0.4 is 0 Å². The second-order valence-corrected chi connectivity index (χ2v) is 4.68. The topological polar surface area (TPSA) is 90.2 Å². The summed E-state index contributed by atoms with van der Waals surface area (Å²) in [4.78, 5) is 0. The molecule has 1 saturated heterocycles. The number of aliphatic hydroxyl groups is 4. The maximum Gasteiger partial charge on any atom is 0.119 e. The van der Waals surface area contributed by atoms with E-state index in [4.69, 9.17) is 9.84 Å². The lowest BCUT2D eigenvalue weighted by Gasteiger charge is -2.47. The van der Waals surface area contributed by atoms with Crippen LogP contribution in [0.5, 0.6) is 0 Å². The summed E-state index contributed by atoms with van der Waals surface area (Å²) in [6.45, 7) is 4.64. The van der Waals surface area contributed by atoms with Crippen LogP contribution in [0.4, 0.5) is 0 Å². The predicted molar refractivity (Wildman–Crippen MR) is 53.2 cm³/mol. The highest BCUT2D eigenvalue weighted by Crippen LogP contribution is 2.32. The molecule has 0 saturated carbocycles. The van der Waals surface area contributed by atoms with E-state index in [0.717, 1.165) is 0 Å². The number of hydrogen-bond acceptors (Lipinski definition) is 5. The molecule has 1 fully saturated rings. The Bertz CT molecular complexity index is 210. The molecule has 0 spiro atoms. The van der Waals surface area contributed by atoms with Gasteiger partial charge < -0.3 is 25.2 Å². The number of ether oxygens (including phenoxy) is 1. The molecule has 2 unspecified atom stereocenters. The van der Waals surface area contributed by atoms with Crippen molar-refractivity contribution in [3.63, 3.8) is 0 Å². The van der Waals surface area contributed by atoms with Gasteiger partial charge in [0.05, 0.1) is 12.7 Å². The minimum atomic E-state index is -1.63. The smallest absolute Gasteiger partial charge is 0.119 e. The number of hydrogen-bond donors (Lipinski definition) is 4. The van der Waals surface area contributed by atoms with Gasteiger partial charge in [0.25, 0.3) is 0 Å². The zero-order chi connectivity index (χ0) is 11.8. The summed E-state index contributed by atoms with van der Waals surface area (Å²) in [5, 5.41) is 38.4. The molecule has 1 aliphatic rings. The van der Waals surface area contributed by atoms with Gasteiger partial charge in [0.15, 0.2) is 0 Å². The van der Waals surface area contributed by atoms with Crippen LogP contribution >= 0.6 is 0 Å². The summed E-state index contributed by atoms with van der Waals surface area (Å²) >= 11 is 0. The fraction of sp³-hybridized carbons (Fsp3) is 1.00. The molecule has 0 radical (unpaired) electrons. The third kappa shape index (κ3) is 2.16. The van der Waals surface area contributed by atoms with Crippen LogP contribution in [0.2, 0.25) is 0 Å². The van der Waals surface area contributed by atoms with E-state index in [2.05, 4.69) is 0 Å². The maximum atomic E-state index is 9.88. The molecule has 0 bridgehead atoms. The first-order valence-electron chi connectivity index (χ1n) is 5.17. The lowest BCUT2D eigenvalue weighted by molar-refractivity contribution is -0.276. The van der Waals surface area contributed by atoms with Gasteiger partial charge in [-0.15, -0.1) is 0 Å². The molecule has 90 valence electrons. The fourth-order valence-corrected chi connectivity index (χ4v) is 1.90. The van der Waals surface area contributed by atoms with Crippen molar-refractivity contribution < 1.29 is 25.2 Å². The molecule has 1 heterocycles. The van der Waals surface area contributed by atoms with Crippen LogP contribution in [-0.2, 0) is 4.74 Å². The van der Waals surface area contributed by atoms with Crippen LogP contribution in [0.3, 0.4) is 0 Å². The largest absolute Gasteiger partial charge is 0.394 e. The van der Waals surface area contributed by atoms with Gasteiger partial charge >= 0.3 is 0 Å². The van der Waals surface area contributed by atoms with Crippen molar-refractivity contribution in [3.8, 4) is 0 Å². The molecule has 0 aromatic heterocycles. The average Bonchev–Trinajstić information content (AvgIpc) is 2.14. The maximum absolute atomic E-state index is 9.88. The van der Waals surface area contributed by atoms with E-state index in [9.17, 15) is 15.3 Å². The molecule has 5 atom stereocenters. The second kappa shape index (κ2) is 4.35. The van der Waals surface area contributed by atoms with Crippen LogP contribution in [0.15, 0.2) is 0 Å². The highest BCUT2D eigenvalue weighted by Gasteiger charge is 2.51. The zero-order valence-corrected chi connectivity index (χ0v) is 9.29. The molecule has 0 amide bonds. The second-order valence-electron chi connectivity index (χ2n) is 4.68. The van der Waals surface area contributed by atoms with Crippen LogP contribution in [-0.4, -0.2) is 57.0 Å². The van der Waals surface area contributed by atoms with Gasteiger partial charge in [-0.2, -0.15) is 0 Å². The zero-order valence-electron chi connectivity index (χ0n) is 9.29. The van der Waals surface area contributed by atoms with Gasteiger partial charge in [0, 0.05) is 0 Å². The Labute approximate surface area is 89.3 Å². The lowest BCUT2D eigenvalue weighted by atomic mass is 9.81. The Kier molecular flexibility index (Phi) is 3.73. The molecule has 0 aliphatic carbocycles. The first-order chi connectivity index (χ1) is 6.82. The molecule has 4 N–H and O–H groups in total. The standard InChI is InChI=1S/C10H20O5/c1-5(2)8-7(12)9(13)10(3,14)6(4-11)15-8/h5-9,11-14H,4H2,1-3H3/t6?,7?,8-,9+,10-/m0/s1. The summed E-state index contributed by atoms with van der Waals surface area (Å²) < 4.78 is 5.38. The van der Waals surface area contributed by atoms with E-state index >= 15 is 0 Å². The molecule has 0 aromatic rings. The third-order valence-corrected chi connectivity index (χ3v) is 3.06. The molecule has 15 heavy (non-hydrogen) atoms. The summed E-state index contributed by atoms with van der Waals surface area (Å²) in [7, 11) is 0. The first-order valence-corrected chi connectivity index (χ1v) is 5.17. The predicted octanol–water partition coefficient (Wildman–Crippen LogP) is -1.13. The molecule has 5 nitrogen and oxygen atoms in total. The van der Waals surface area contributed by atoms with E-state index in [0.29, 0.717) is 0 Å². The Balaban J connectivity index is 2.88. The number of aliphatic hydroxyl groups excluding tert-OH is 3. The van der Waals surface area contributed by atoms with Gasteiger partial charge in [-0.25, -0.2) is 0 Å². The van der Waals surface area contributed by atoms with Crippen molar-refractivity contribution in [1.29, 1.82) is 0 Å². The van der Waals surface area contributed by atoms with Crippen molar-refractivity contribution >= 4 is 0 Å². The molecular weight excluding hydrogens is 200 g/mol. The van der Waals surface area contributed by atoms with E-state index in [-0.39, 0.29) is 12.5 Å². The van der Waals surface area contributed by atoms with Crippen molar-refractivity contribution in [2.75, 3.05) is 6.61 Å². The van der Waals surface area contributed by atoms with Crippen LogP contribution in [0, 0.1) is 5.92 Å². The molecule has 1 rings (SSSR count). The van der Waals surface area contributed by atoms with Gasteiger partial charge in [0.1, 0.15) is 23.9 Å². The van der Waals surface area contributed by atoms with Gasteiger partial charge in [0.2, 0.25) is 0 Å². The third-order valence-electron chi connectivity index (χ3n) is 3.06. The Morgan fingerprint density at radius 3 is 2.27 bits per heavy atom. The molecule has 0 aromatic carbocycles. The average molecular weight is 220 g/mol. The van der Waals surface area contributed by atoms with Crippen LogP contribution in [0.1, 0.15) is 20.8 Å². The molecular formula is C10H20O5. The van der Waals surface area contributed by atoms with Crippen molar-refractivity contribution in [1.82, 2.24) is 0 Å². The summed E-state index contributed by atoms with van der Waals surface area (Å²) in [5.74, 6) is -0.000185. The number of rotatable bonds is 2. The normalized spacial score (nSPS) is 47.2. The lowest BCUT2D eigenvalue weighted by Crippen LogP contribution is -2.66. The summed E-state index contributed by atoms with van der Waals surface area (Å²) in [6.07, 6.45) is -3.89. The van der Waals surface area contributed by atoms with E-state index in [1.54, 1.807) is 0 Å². The molecule has 5 heteroatoms. The highest BCUT2D eigenvalue weighted by atomic mass is 16.5. The van der Waals surface area contributed by atoms with Crippen LogP contribution in [0.25, 0.3) is 0 Å². The monoisotopic (exact) mass is 220 g/mol. The fourth-order valence-electron chi connectivity index (χ4n) is 1.90. The van der Waals surface area contributed by atoms with Gasteiger partial charge in [-0.3, -0.25) is 0 Å². The Hall–Kier alpha value is -0.200. The first kappa shape index (κ1) is 12.9. The SMILES string of the molecule is CC(C)[C@@H]1OC(CO)[C@](C)(O)[C@H](O)C1O. The minimum absolute atomic E-state index is 0.000185. The Morgan fingerprint density at radius 2 is 1.87 bits per heavy atom. The summed E-state index contributed by atoms with van der Waals surface area (Å²) in [5.41, 5.74) is -1.63. The minimum Gasteiger partial charge on any atom is -0.394 e. The quantitative estimate of drug-likeness (QED) is 0.473. The van der Waals surface area contributed by atoms with Gasteiger partial charge in [-0.05, 0) is 12.8 Å². The van der Waals surface area contributed by atoms with Crippen molar-refractivity contribution in [2.45, 2.75) is 50.8 Å². The molecule has 1 aliphatic heterocycles. The van der Waals surface area contributed by atoms with E-state index in [1.165, 1.54) is 6.92 Å². The summed E-state index contributed by atoms with van der Waals surface area (Å²) in [6, 6.07) is 0. The van der Waals surface area contributed by atoms with Crippen molar-refractivity contribution in [3.05, 3.63) is 0 Å². The highest BCUT2D eigenvalue weighted by molar-refractivity contribution is 5.01. The van der Waals surface area contributed by atoms with E-state index in [1.807, 2.05) is 13.8 Å². The Morgan fingerprint density at radius 1 is 1.33 bits per heavy atom. The van der Waals surface area contributed by atoms with Gasteiger partial charge in [-0.1, -0.05) is 13.8 Å². The van der Waals surface area contributed by atoms with Crippen molar-refractivity contribution in [2.24, 2.45) is 5.92 Å². The van der Waals surface area contributed by atoms with E-state index < -0.39 is 30.0 Å².